The first-order valence-electron chi connectivity index (χ1n) is 3.97. The Bertz CT molecular complexity index is 190. The Morgan fingerprint density at radius 3 is 3.18 bits per heavy atom. The van der Waals surface area contributed by atoms with Gasteiger partial charge in [0.15, 0.2) is 0 Å². The summed E-state index contributed by atoms with van der Waals surface area (Å²) in [4.78, 5) is 0. The SMILES string of the molecule is OC1CNC2=C(CCNC2)N1. The van der Waals surface area contributed by atoms with E-state index in [1.165, 1.54) is 11.4 Å². The van der Waals surface area contributed by atoms with E-state index in [-0.39, 0.29) is 0 Å². The van der Waals surface area contributed by atoms with Gasteiger partial charge in [0.1, 0.15) is 6.23 Å². The third-order valence-electron chi connectivity index (χ3n) is 2.07. The van der Waals surface area contributed by atoms with Crippen molar-refractivity contribution in [3.05, 3.63) is 11.4 Å². The van der Waals surface area contributed by atoms with Gasteiger partial charge < -0.3 is 21.1 Å². The largest absolute Gasteiger partial charge is 0.381 e. The van der Waals surface area contributed by atoms with Crippen molar-refractivity contribution in [1.29, 1.82) is 0 Å². The molecule has 4 N–H and O–H groups in total. The molecule has 0 aromatic rings. The summed E-state index contributed by atoms with van der Waals surface area (Å²) in [6.07, 6.45) is 0.575. The zero-order valence-corrected chi connectivity index (χ0v) is 6.35. The number of aliphatic hydroxyl groups excluding tert-OH is 1. The van der Waals surface area contributed by atoms with Crippen molar-refractivity contribution in [2.45, 2.75) is 12.6 Å². The Morgan fingerprint density at radius 2 is 2.27 bits per heavy atom. The minimum Gasteiger partial charge on any atom is -0.381 e. The predicted molar refractivity (Wildman–Crippen MR) is 41.7 cm³/mol. The maximum absolute atomic E-state index is 9.22. The van der Waals surface area contributed by atoms with Crippen LogP contribution in [-0.4, -0.2) is 31.0 Å². The fourth-order valence-corrected chi connectivity index (χ4v) is 1.48. The summed E-state index contributed by atoms with van der Waals surface area (Å²) in [6.45, 7) is 2.51. The molecule has 62 valence electrons. The van der Waals surface area contributed by atoms with Gasteiger partial charge in [-0.25, -0.2) is 0 Å². The zero-order valence-electron chi connectivity index (χ0n) is 6.35. The first-order valence-corrected chi connectivity index (χ1v) is 3.97. The molecule has 0 saturated carbocycles. The molecule has 2 aliphatic rings. The molecule has 0 aromatic carbocycles. The van der Waals surface area contributed by atoms with Crippen LogP contribution in [0.25, 0.3) is 0 Å². The summed E-state index contributed by atoms with van der Waals surface area (Å²) in [6, 6.07) is 0. The maximum Gasteiger partial charge on any atom is 0.141 e. The molecule has 0 spiro atoms. The average Bonchev–Trinajstić information content (AvgIpc) is 2.04. The molecule has 0 aliphatic carbocycles. The molecular formula is C7H13N3O. The number of hydrogen-bond acceptors (Lipinski definition) is 4. The summed E-state index contributed by atoms with van der Waals surface area (Å²) in [5, 5.41) is 18.7. The Balaban J connectivity index is 2.12. The van der Waals surface area contributed by atoms with Crippen molar-refractivity contribution in [2.75, 3.05) is 19.6 Å². The molecule has 2 aliphatic heterocycles. The van der Waals surface area contributed by atoms with Crippen LogP contribution in [0.2, 0.25) is 0 Å². The first kappa shape index (κ1) is 6.94. The van der Waals surface area contributed by atoms with Gasteiger partial charge in [0.25, 0.3) is 0 Å². The predicted octanol–water partition coefficient (Wildman–Crippen LogP) is -1.30. The normalized spacial score (nSPS) is 30.5. The van der Waals surface area contributed by atoms with Crippen molar-refractivity contribution in [2.24, 2.45) is 0 Å². The summed E-state index contributed by atoms with van der Waals surface area (Å²) >= 11 is 0. The van der Waals surface area contributed by atoms with Crippen LogP contribution in [0, 0.1) is 0 Å². The van der Waals surface area contributed by atoms with Gasteiger partial charge in [0.05, 0.1) is 6.54 Å². The second kappa shape index (κ2) is 2.71. The minimum atomic E-state index is -0.410. The molecule has 0 bridgehead atoms. The molecule has 4 nitrogen and oxygen atoms in total. The third kappa shape index (κ3) is 1.32. The van der Waals surface area contributed by atoms with E-state index in [9.17, 15) is 5.11 Å². The highest BCUT2D eigenvalue weighted by Crippen LogP contribution is 2.10. The van der Waals surface area contributed by atoms with Crippen LogP contribution in [0.1, 0.15) is 6.42 Å². The summed E-state index contributed by atoms with van der Waals surface area (Å²) < 4.78 is 0. The fraction of sp³-hybridized carbons (Fsp3) is 0.714. The molecule has 11 heavy (non-hydrogen) atoms. The summed E-state index contributed by atoms with van der Waals surface area (Å²) in [5.74, 6) is 0. The lowest BCUT2D eigenvalue weighted by Crippen LogP contribution is -2.48. The Kier molecular flexibility index (Phi) is 1.71. The highest BCUT2D eigenvalue weighted by atomic mass is 16.3. The monoisotopic (exact) mass is 155 g/mol. The average molecular weight is 155 g/mol. The van der Waals surface area contributed by atoms with Crippen LogP contribution in [0.3, 0.4) is 0 Å². The first-order chi connectivity index (χ1) is 5.36. The fourth-order valence-electron chi connectivity index (χ4n) is 1.48. The smallest absolute Gasteiger partial charge is 0.141 e. The zero-order chi connectivity index (χ0) is 7.68. The Hall–Kier alpha value is -0.740. The highest BCUT2D eigenvalue weighted by Gasteiger charge is 2.19. The van der Waals surface area contributed by atoms with E-state index in [0.717, 1.165) is 19.5 Å². The van der Waals surface area contributed by atoms with Gasteiger partial charge in [-0.15, -0.1) is 0 Å². The van der Waals surface area contributed by atoms with E-state index < -0.39 is 6.23 Å². The lowest BCUT2D eigenvalue weighted by molar-refractivity contribution is 0.137. The molecule has 4 heteroatoms. The molecule has 0 radical (unpaired) electrons. The van der Waals surface area contributed by atoms with E-state index in [1.807, 2.05) is 0 Å². The lowest BCUT2D eigenvalue weighted by Gasteiger charge is -2.31. The van der Waals surface area contributed by atoms with Gasteiger partial charge in [-0.3, -0.25) is 0 Å². The molecule has 2 heterocycles. The van der Waals surface area contributed by atoms with Crippen molar-refractivity contribution < 1.29 is 5.11 Å². The second-order valence-corrected chi connectivity index (χ2v) is 2.92. The van der Waals surface area contributed by atoms with Gasteiger partial charge in [0, 0.05) is 30.9 Å². The lowest BCUT2D eigenvalue weighted by atomic mass is 10.1. The van der Waals surface area contributed by atoms with Crippen LogP contribution in [0.5, 0.6) is 0 Å². The minimum absolute atomic E-state index is 0.410. The van der Waals surface area contributed by atoms with Crippen LogP contribution >= 0.6 is 0 Å². The molecule has 0 amide bonds. The number of rotatable bonds is 0. The highest BCUT2D eigenvalue weighted by molar-refractivity contribution is 5.18. The van der Waals surface area contributed by atoms with E-state index in [4.69, 9.17) is 0 Å². The second-order valence-electron chi connectivity index (χ2n) is 2.92. The van der Waals surface area contributed by atoms with E-state index in [2.05, 4.69) is 16.0 Å². The number of β-amino-alcohol motifs (C(OH)–C–C–N with tert-alkyl or cyclic N) is 1. The molecule has 1 atom stereocenters. The van der Waals surface area contributed by atoms with Gasteiger partial charge in [-0.2, -0.15) is 0 Å². The van der Waals surface area contributed by atoms with E-state index >= 15 is 0 Å². The molecule has 2 rings (SSSR count). The van der Waals surface area contributed by atoms with Crippen LogP contribution in [0.15, 0.2) is 11.4 Å². The van der Waals surface area contributed by atoms with Gasteiger partial charge >= 0.3 is 0 Å². The topological polar surface area (TPSA) is 56.3 Å². The maximum atomic E-state index is 9.22. The number of hydrogen-bond donors (Lipinski definition) is 4. The quantitative estimate of drug-likeness (QED) is 0.351. The van der Waals surface area contributed by atoms with Gasteiger partial charge in [-0.1, -0.05) is 0 Å². The van der Waals surface area contributed by atoms with E-state index in [1.54, 1.807) is 0 Å². The molecule has 0 fully saturated rings. The standard InChI is InChI=1S/C7H13N3O/c11-7-4-9-6-3-8-2-1-5(6)10-7/h7-11H,1-4H2. The van der Waals surface area contributed by atoms with Crippen molar-refractivity contribution in [3.8, 4) is 0 Å². The number of aliphatic hydroxyl groups is 1. The Morgan fingerprint density at radius 1 is 1.36 bits per heavy atom. The van der Waals surface area contributed by atoms with Crippen LogP contribution < -0.4 is 16.0 Å². The van der Waals surface area contributed by atoms with Gasteiger partial charge in [-0.05, 0) is 0 Å². The summed E-state index contributed by atoms with van der Waals surface area (Å²) in [5.41, 5.74) is 2.38. The molecule has 0 aromatic heterocycles. The Labute approximate surface area is 65.7 Å². The van der Waals surface area contributed by atoms with Crippen molar-refractivity contribution >= 4 is 0 Å². The number of nitrogens with one attached hydrogen (secondary N) is 3. The van der Waals surface area contributed by atoms with Gasteiger partial charge in [0.2, 0.25) is 0 Å². The van der Waals surface area contributed by atoms with Crippen LogP contribution in [0.4, 0.5) is 0 Å². The van der Waals surface area contributed by atoms with Crippen LogP contribution in [-0.2, 0) is 0 Å². The van der Waals surface area contributed by atoms with Crippen molar-refractivity contribution in [3.63, 3.8) is 0 Å². The molecule has 1 unspecified atom stereocenters. The summed E-state index contributed by atoms with van der Waals surface area (Å²) in [7, 11) is 0. The van der Waals surface area contributed by atoms with E-state index in [0.29, 0.717) is 6.54 Å². The molecule has 0 saturated heterocycles. The molecular weight excluding hydrogens is 142 g/mol. The third-order valence-corrected chi connectivity index (χ3v) is 2.07. The van der Waals surface area contributed by atoms with Crippen molar-refractivity contribution in [1.82, 2.24) is 16.0 Å².